The summed E-state index contributed by atoms with van der Waals surface area (Å²) < 4.78 is 0. The number of nitrogens with two attached hydrogens (primary N) is 1. The van der Waals surface area contributed by atoms with Gasteiger partial charge in [-0.1, -0.05) is 6.42 Å². The normalized spacial score (nSPS) is 9.33. The van der Waals surface area contributed by atoms with E-state index in [1.807, 2.05) is 0 Å². The van der Waals surface area contributed by atoms with E-state index in [0.29, 0.717) is 19.3 Å². The maximum Gasteiger partial charge on any atom is 0.220 e. The highest BCUT2D eigenvalue weighted by molar-refractivity contribution is 5.78. The van der Waals surface area contributed by atoms with Gasteiger partial charge in [0.15, 0.2) is 5.96 Å². The third-order valence-corrected chi connectivity index (χ3v) is 1.78. The molecule has 5 N–H and O–H groups in total. The molecule has 0 aliphatic rings. The van der Waals surface area contributed by atoms with E-state index in [1.54, 1.807) is 0 Å². The Morgan fingerprint density at radius 3 is 2.60 bits per heavy atom. The van der Waals surface area contributed by atoms with Gasteiger partial charge in [-0.3, -0.25) is 10.2 Å². The second-order valence-electron chi connectivity index (χ2n) is 3.12. The fraction of sp³-hybridized carbons (Fsp3) is 0.667. The van der Waals surface area contributed by atoms with E-state index in [1.165, 1.54) is 0 Å². The van der Waals surface area contributed by atoms with Crippen LogP contribution in [0.15, 0.2) is 0 Å². The first-order valence-electron chi connectivity index (χ1n) is 4.95. The first-order chi connectivity index (χ1) is 7.16. The van der Waals surface area contributed by atoms with Crippen molar-refractivity contribution in [2.24, 2.45) is 5.73 Å². The highest BCUT2D eigenvalue weighted by Crippen LogP contribution is 1.98. The van der Waals surface area contributed by atoms with Crippen molar-refractivity contribution in [1.29, 1.82) is 5.41 Å². The fourth-order valence-electron chi connectivity index (χ4n) is 1.05. The Balaban J connectivity index is 3.19. The van der Waals surface area contributed by atoms with Gasteiger partial charge in [0.2, 0.25) is 5.91 Å². The Bertz CT molecular complexity index is 218. The Labute approximate surface area is 89.1 Å². The summed E-state index contributed by atoms with van der Waals surface area (Å²) >= 11 is 0. The highest BCUT2D eigenvalue weighted by atomic mass is 16.2. The number of carbonyl (C=O) groups excluding carboxylic acids is 2. The standard InChI is InChI=1S/C9H18N4O2/c10-9(11)13-5-3-1-2-4-8(15)12-6-7-14/h7H,1-6H2,(H,12,15)(H4,10,11,13). The van der Waals surface area contributed by atoms with Gasteiger partial charge >= 0.3 is 0 Å². The predicted molar refractivity (Wildman–Crippen MR) is 57.5 cm³/mol. The molecular formula is C9H18N4O2. The zero-order chi connectivity index (χ0) is 11.5. The number of hydrogen-bond acceptors (Lipinski definition) is 3. The number of amides is 1. The summed E-state index contributed by atoms with van der Waals surface area (Å²) in [4.78, 5) is 20.9. The lowest BCUT2D eigenvalue weighted by molar-refractivity contribution is -0.122. The van der Waals surface area contributed by atoms with E-state index in [9.17, 15) is 9.59 Å². The maximum atomic E-state index is 11.0. The van der Waals surface area contributed by atoms with Gasteiger partial charge in [0.25, 0.3) is 0 Å². The van der Waals surface area contributed by atoms with Gasteiger partial charge in [0.1, 0.15) is 6.29 Å². The molecule has 0 saturated heterocycles. The van der Waals surface area contributed by atoms with E-state index in [0.717, 1.165) is 19.3 Å². The molecule has 6 heteroatoms. The molecular weight excluding hydrogens is 196 g/mol. The molecule has 0 bridgehead atoms. The summed E-state index contributed by atoms with van der Waals surface area (Å²) in [6, 6.07) is 0. The molecule has 0 saturated carbocycles. The molecule has 6 nitrogen and oxygen atoms in total. The van der Waals surface area contributed by atoms with Gasteiger partial charge < -0.3 is 21.2 Å². The average molecular weight is 214 g/mol. The van der Waals surface area contributed by atoms with Crippen LogP contribution in [-0.4, -0.2) is 31.2 Å². The third-order valence-electron chi connectivity index (χ3n) is 1.78. The van der Waals surface area contributed by atoms with Crippen molar-refractivity contribution in [3.8, 4) is 0 Å². The largest absolute Gasteiger partial charge is 0.370 e. The smallest absolute Gasteiger partial charge is 0.220 e. The number of hydrogen-bond donors (Lipinski definition) is 4. The Morgan fingerprint density at radius 1 is 1.27 bits per heavy atom. The van der Waals surface area contributed by atoms with Crippen LogP contribution in [0, 0.1) is 5.41 Å². The Kier molecular flexibility index (Phi) is 8.03. The molecule has 0 aromatic carbocycles. The van der Waals surface area contributed by atoms with Crippen LogP contribution in [0.3, 0.4) is 0 Å². The van der Waals surface area contributed by atoms with Gasteiger partial charge in [0, 0.05) is 13.0 Å². The van der Waals surface area contributed by atoms with E-state index in [-0.39, 0.29) is 18.4 Å². The van der Waals surface area contributed by atoms with E-state index >= 15 is 0 Å². The summed E-state index contributed by atoms with van der Waals surface area (Å²) in [5.41, 5.74) is 5.09. The number of carbonyl (C=O) groups is 2. The van der Waals surface area contributed by atoms with Crippen molar-refractivity contribution in [2.45, 2.75) is 25.7 Å². The minimum atomic E-state index is -0.0957. The molecule has 0 unspecified atom stereocenters. The van der Waals surface area contributed by atoms with Crippen LogP contribution < -0.4 is 16.4 Å². The quantitative estimate of drug-likeness (QED) is 0.186. The number of guanidine groups is 1. The van der Waals surface area contributed by atoms with Crippen LogP contribution in [-0.2, 0) is 9.59 Å². The van der Waals surface area contributed by atoms with Crippen molar-refractivity contribution in [3.63, 3.8) is 0 Å². The second-order valence-corrected chi connectivity index (χ2v) is 3.12. The zero-order valence-electron chi connectivity index (χ0n) is 8.71. The van der Waals surface area contributed by atoms with E-state index in [2.05, 4.69) is 10.6 Å². The molecule has 0 radical (unpaired) electrons. The van der Waals surface area contributed by atoms with Gasteiger partial charge in [-0.05, 0) is 12.8 Å². The highest BCUT2D eigenvalue weighted by Gasteiger charge is 1.99. The molecule has 86 valence electrons. The predicted octanol–water partition coefficient (Wildman–Crippen LogP) is -0.655. The van der Waals surface area contributed by atoms with Crippen LogP contribution in [0.2, 0.25) is 0 Å². The maximum absolute atomic E-state index is 11.0. The number of rotatable bonds is 8. The first kappa shape index (κ1) is 13.4. The fourth-order valence-corrected chi connectivity index (χ4v) is 1.05. The lowest BCUT2D eigenvalue weighted by atomic mass is 10.2. The molecule has 0 aliphatic heterocycles. The minimum Gasteiger partial charge on any atom is -0.370 e. The molecule has 0 aromatic heterocycles. The van der Waals surface area contributed by atoms with Gasteiger partial charge in [-0.2, -0.15) is 0 Å². The van der Waals surface area contributed by atoms with Crippen LogP contribution in [0.4, 0.5) is 0 Å². The summed E-state index contributed by atoms with van der Waals surface area (Å²) in [7, 11) is 0. The van der Waals surface area contributed by atoms with Crippen LogP contribution >= 0.6 is 0 Å². The Morgan fingerprint density at radius 2 is 2.00 bits per heavy atom. The summed E-state index contributed by atoms with van der Waals surface area (Å²) in [6.07, 6.45) is 3.65. The van der Waals surface area contributed by atoms with Crippen molar-refractivity contribution in [1.82, 2.24) is 10.6 Å². The number of aldehydes is 1. The van der Waals surface area contributed by atoms with Crippen LogP contribution in [0.1, 0.15) is 25.7 Å². The van der Waals surface area contributed by atoms with Gasteiger partial charge in [0.05, 0.1) is 6.54 Å². The van der Waals surface area contributed by atoms with Crippen molar-refractivity contribution >= 4 is 18.2 Å². The molecule has 15 heavy (non-hydrogen) atoms. The summed E-state index contributed by atoms with van der Waals surface area (Å²) in [5, 5.41) is 12.0. The van der Waals surface area contributed by atoms with Crippen molar-refractivity contribution in [2.75, 3.05) is 13.1 Å². The van der Waals surface area contributed by atoms with Crippen LogP contribution in [0.25, 0.3) is 0 Å². The van der Waals surface area contributed by atoms with E-state index < -0.39 is 0 Å². The lowest BCUT2D eigenvalue weighted by Gasteiger charge is -2.03. The molecule has 0 atom stereocenters. The third kappa shape index (κ3) is 10.3. The van der Waals surface area contributed by atoms with Crippen LogP contribution in [0.5, 0.6) is 0 Å². The summed E-state index contributed by atoms with van der Waals surface area (Å²) in [6.45, 7) is 0.746. The average Bonchev–Trinajstić information content (AvgIpc) is 2.19. The lowest BCUT2D eigenvalue weighted by Crippen LogP contribution is -2.30. The molecule has 0 heterocycles. The van der Waals surface area contributed by atoms with Crippen molar-refractivity contribution in [3.05, 3.63) is 0 Å². The second kappa shape index (κ2) is 8.98. The number of nitrogens with one attached hydrogen (secondary N) is 3. The Hall–Kier alpha value is -1.59. The SMILES string of the molecule is N=C(N)NCCCCCC(=O)NCC=O. The van der Waals surface area contributed by atoms with Crippen molar-refractivity contribution < 1.29 is 9.59 Å². The molecule has 0 aliphatic carbocycles. The zero-order valence-corrected chi connectivity index (χ0v) is 8.71. The van der Waals surface area contributed by atoms with E-state index in [4.69, 9.17) is 11.1 Å². The first-order valence-corrected chi connectivity index (χ1v) is 4.95. The molecule has 1 amide bonds. The van der Waals surface area contributed by atoms with Gasteiger partial charge in [-0.25, -0.2) is 0 Å². The topological polar surface area (TPSA) is 108 Å². The molecule has 0 aromatic rings. The minimum absolute atomic E-state index is 0.0290. The summed E-state index contributed by atoms with van der Waals surface area (Å²) in [5.74, 6) is -0.125. The number of unbranched alkanes of at least 4 members (excludes halogenated alkanes) is 2. The molecule has 0 fully saturated rings. The molecule has 0 rings (SSSR count). The molecule has 0 spiro atoms. The monoisotopic (exact) mass is 214 g/mol. The van der Waals surface area contributed by atoms with Gasteiger partial charge in [-0.15, -0.1) is 0 Å².